The predicted molar refractivity (Wildman–Crippen MR) is 123 cm³/mol. The van der Waals surface area contributed by atoms with Crippen molar-refractivity contribution in [3.8, 4) is 11.3 Å². The second-order valence-electron chi connectivity index (χ2n) is 7.10. The van der Waals surface area contributed by atoms with E-state index in [9.17, 15) is 9.18 Å². The van der Waals surface area contributed by atoms with Crippen molar-refractivity contribution in [1.29, 1.82) is 0 Å². The number of rotatable bonds is 3. The summed E-state index contributed by atoms with van der Waals surface area (Å²) in [5.41, 5.74) is 3.76. The first kappa shape index (κ1) is 19.3. The number of para-hydroxylation sites is 1. The molecule has 0 spiro atoms. The Morgan fingerprint density at radius 2 is 1.81 bits per heavy atom. The van der Waals surface area contributed by atoms with E-state index >= 15 is 0 Å². The molecule has 31 heavy (non-hydrogen) atoms. The third-order valence-electron chi connectivity index (χ3n) is 5.17. The highest BCUT2D eigenvalue weighted by Gasteiger charge is 2.15. The van der Waals surface area contributed by atoms with Crippen LogP contribution in [0.25, 0.3) is 32.4 Å². The average molecular weight is 428 g/mol. The van der Waals surface area contributed by atoms with Crippen molar-refractivity contribution in [3.63, 3.8) is 0 Å². The topological polar surface area (TPSA) is 47.2 Å². The molecule has 0 unspecified atom stereocenters. The van der Waals surface area contributed by atoms with Crippen LogP contribution in [0, 0.1) is 5.82 Å². The molecule has 0 radical (unpaired) electrons. The van der Waals surface area contributed by atoms with Crippen molar-refractivity contribution >= 4 is 38.4 Å². The van der Waals surface area contributed by atoms with Crippen molar-refractivity contribution in [2.24, 2.45) is 4.99 Å². The van der Waals surface area contributed by atoms with Crippen molar-refractivity contribution in [3.05, 3.63) is 95.0 Å². The molecule has 0 aliphatic heterocycles. The number of halogens is 1. The second kappa shape index (κ2) is 7.89. The molecule has 5 aromatic rings. The van der Waals surface area contributed by atoms with Gasteiger partial charge in [0.25, 0.3) is 5.91 Å². The van der Waals surface area contributed by atoms with E-state index in [4.69, 9.17) is 4.98 Å². The molecule has 6 heteroatoms. The number of pyridine rings is 1. The molecule has 2 aromatic heterocycles. The van der Waals surface area contributed by atoms with Crippen LogP contribution in [0.2, 0.25) is 0 Å². The van der Waals surface area contributed by atoms with Crippen LogP contribution in [0.1, 0.15) is 17.3 Å². The number of nitrogens with zero attached hydrogens (tertiary/aromatic N) is 3. The van der Waals surface area contributed by atoms with E-state index in [0.29, 0.717) is 16.9 Å². The van der Waals surface area contributed by atoms with E-state index in [-0.39, 0.29) is 11.7 Å². The van der Waals surface area contributed by atoms with Gasteiger partial charge in [-0.1, -0.05) is 59.9 Å². The molecular formula is C25H18FN3OS. The van der Waals surface area contributed by atoms with Gasteiger partial charge in [-0.2, -0.15) is 4.99 Å². The molecule has 2 heterocycles. The molecule has 0 saturated heterocycles. The summed E-state index contributed by atoms with van der Waals surface area (Å²) in [6, 6.07) is 23.8. The van der Waals surface area contributed by atoms with Gasteiger partial charge in [-0.05, 0) is 37.3 Å². The fourth-order valence-electron chi connectivity index (χ4n) is 3.69. The molecule has 5 rings (SSSR count). The third kappa shape index (κ3) is 3.55. The largest absolute Gasteiger partial charge is 0.317 e. The van der Waals surface area contributed by atoms with Crippen LogP contribution < -0.4 is 4.80 Å². The first-order valence-corrected chi connectivity index (χ1v) is 10.8. The van der Waals surface area contributed by atoms with Gasteiger partial charge in [0.05, 0.1) is 27.0 Å². The van der Waals surface area contributed by atoms with Gasteiger partial charge in [0.2, 0.25) is 0 Å². The van der Waals surface area contributed by atoms with E-state index in [1.54, 1.807) is 12.1 Å². The number of thiazole rings is 1. The zero-order valence-corrected chi connectivity index (χ0v) is 17.6. The number of hydrogen-bond acceptors (Lipinski definition) is 3. The summed E-state index contributed by atoms with van der Waals surface area (Å²) in [5, 5.41) is 0.756. The Balaban J connectivity index is 1.71. The minimum absolute atomic E-state index is 0.303. The van der Waals surface area contributed by atoms with Crippen molar-refractivity contribution in [2.45, 2.75) is 13.5 Å². The molecule has 0 bridgehead atoms. The Labute approximate surface area is 182 Å². The summed E-state index contributed by atoms with van der Waals surface area (Å²) in [6.45, 7) is 2.61. The first-order valence-electron chi connectivity index (χ1n) is 9.97. The minimum atomic E-state index is -0.343. The maximum absolute atomic E-state index is 13.7. The SMILES string of the molecule is CCn1c(=NC(=O)c2cc(-c3ccccc3)nc3ccccc23)sc2cc(F)ccc21. The molecule has 0 aliphatic rings. The molecule has 152 valence electrons. The Kier molecular flexibility index (Phi) is 4.92. The van der Waals surface area contributed by atoms with Crippen LogP contribution in [0.5, 0.6) is 0 Å². The van der Waals surface area contributed by atoms with Crippen LogP contribution in [-0.4, -0.2) is 15.5 Å². The summed E-state index contributed by atoms with van der Waals surface area (Å²) in [6.07, 6.45) is 0. The summed E-state index contributed by atoms with van der Waals surface area (Å²) >= 11 is 1.31. The van der Waals surface area contributed by atoms with Crippen LogP contribution >= 0.6 is 11.3 Å². The zero-order chi connectivity index (χ0) is 21.4. The molecule has 4 nitrogen and oxygen atoms in total. The van der Waals surface area contributed by atoms with E-state index < -0.39 is 0 Å². The van der Waals surface area contributed by atoms with E-state index in [1.807, 2.05) is 66.1 Å². The van der Waals surface area contributed by atoms with Crippen LogP contribution in [0.3, 0.4) is 0 Å². The van der Waals surface area contributed by atoms with E-state index in [1.165, 1.54) is 23.5 Å². The summed E-state index contributed by atoms with van der Waals surface area (Å²) in [5.74, 6) is -0.646. The Hall–Kier alpha value is -3.64. The molecule has 0 N–H and O–H groups in total. The number of aryl methyl sites for hydroxylation is 1. The maximum Gasteiger partial charge on any atom is 0.280 e. The Bertz CT molecular complexity index is 1500. The van der Waals surface area contributed by atoms with Gasteiger partial charge in [-0.25, -0.2) is 9.37 Å². The normalized spacial score (nSPS) is 12.0. The quantitative estimate of drug-likeness (QED) is 0.364. The standard InChI is InChI=1S/C25H18FN3OS/c1-2-29-22-13-12-17(26)14-23(22)31-25(29)28-24(30)19-15-21(16-8-4-3-5-9-16)27-20-11-7-6-10-18(19)20/h3-15H,2H2,1H3. The Morgan fingerprint density at radius 3 is 2.61 bits per heavy atom. The van der Waals surface area contributed by atoms with Crippen LogP contribution in [0.15, 0.2) is 83.9 Å². The number of fused-ring (bicyclic) bond motifs is 2. The summed E-state index contributed by atoms with van der Waals surface area (Å²) < 4.78 is 16.4. The molecule has 0 atom stereocenters. The average Bonchev–Trinajstić information content (AvgIpc) is 3.14. The Morgan fingerprint density at radius 1 is 1.03 bits per heavy atom. The lowest BCUT2D eigenvalue weighted by Crippen LogP contribution is -2.16. The minimum Gasteiger partial charge on any atom is -0.317 e. The van der Waals surface area contributed by atoms with Crippen molar-refractivity contribution in [2.75, 3.05) is 0 Å². The maximum atomic E-state index is 13.7. The predicted octanol–water partition coefficient (Wildman–Crippen LogP) is 5.82. The monoisotopic (exact) mass is 427 g/mol. The third-order valence-corrected chi connectivity index (χ3v) is 6.22. The van der Waals surface area contributed by atoms with Crippen LogP contribution in [-0.2, 0) is 6.54 Å². The molecule has 3 aromatic carbocycles. The number of benzene rings is 3. The fourth-order valence-corrected chi connectivity index (χ4v) is 4.81. The fraction of sp³-hybridized carbons (Fsp3) is 0.0800. The highest BCUT2D eigenvalue weighted by molar-refractivity contribution is 7.16. The highest BCUT2D eigenvalue weighted by atomic mass is 32.1. The lowest BCUT2D eigenvalue weighted by Gasteiger charge is -2.07. The summed E-state index contributed by atoms with van der Waals surface area (Å²) in [4.78, 5) is 23.1. The zero-order valence-electron chi connectivity index (χ0n) is 16.7. The number of amides is 1. The van der Waals surface area contributed by atoms with Crippen molar-refractivity contribution in [1.82, 2.24) is 9.55 Å². The smallest absolute Gasteiger partial charge is 0.280 e. The molecule has 0 fully saturated rings. The number of carbonyl (C=O) groups excluding carboxylic acids is 1. The number of hydrogen-bond donors (Lipinski definition) is 0. The molecular weight excluding hydrogens is 409 g/mol. The molecule has 1 amide bonds. The van der Waals surface area contributed by atoms with Gasteiger partial charge in [0.1, 0.15) is 5.82 Å². The van der Waals surface area contributed by atoms with Crippen molar-refractivity contribution < 1.29 is 9.18 Å². The van der Waals surface area contributed by atoms with Gasteiger partial charge in [-0.3, -0.25) is 4.79 Å². The van der Waals surface area contributed by atoms with E-state index in [0.717, 1.165) is 32.4 Å². The molecule has 0 saturated carbocycles. The number of aromatic nitrogens is 2. The molecule has 0 aliphatic carbocycles. The second-order valence-corrected chi connectivity index (χ2v) is 8.11. The van der Waals surface area contributed by atoms with Crippen LogP contribution in [0.4, 0.5) is 4.39 Å². The first-order chi connectivity index (χ1) is 15.1. The summed E-state index contributed by atoms with van der Waals surface area (Å²) in [7, 11) is 0. The van der Waals surface area contributed by atoms with Gasteiger partial charge in [0, 0.05) is 17.5 Å². The van der Waals surface area contributed by atoms with Gasteiger partial charge in [0.15, 0.2) is 4.80 Å². The van der Waals surface area contributed by atoms with Gasteiger partial charge in [-0.15, -0.1) is 0 Å². The number of carbonyl (C=O) groups is 1. The highest BCUT2D eigenvalue weighted by Crippen LogP contribution is 2.25. The van der Waals surface area contributed by atoms with E-state index in [2.05, 4.69) is 4.99 Å². The lowest BCUT2D eigenvalue weighted by atomic mass is 10.0. The lowest BCUT2D eigenvalue weighted by molar-refractivity contribution is 0.0999. The van der Waals surface area contributed by atoms with Gasteiger partial charge < -0.3 is 4.57 Å². The van der Waals surface area contributed by atoms with Gasteiger partial charge >= 0.3 is 0 Å².